The third-order valence-corrected chi connectivity index (χ3v) is 3.61. The van der Waals surface area contributed by atoms with Crippen LogP contribution in [0.3, 0.4) is 0 Å². The van der Waals surface area contributed by atoms with Crippen LogP contribution in [0.2, 0.25) is 0 Å². The number of thioether (sulfide) groups is 1. The summed E-state index contributed by atoms with van der Waals surface area (Å²) in [7, 11) is 1.67. The molecule has 104 valence electrons. The van der Waals surface area contributed by atoms with E-state index < -0.39 is 0 Å². The van der Waals surface area contributed by atoms with Gasteiger partial charge in [-0.05, 0) is 24.6 Å². The molecule has 0 bridgehead atoms. The molecule has 1 heterocycles. The molecule has 2 rings (SSSR count). The topological polar surface area (TPSA) is 49.9 Å². The minimum Gasteiger partial charge on any atom is -0.497 e. The Hall–Kier alpha value is -1.20. The Labute approximate surface area is 118 Å². The maximum Gasteiger partial charge on any atom is 0.166 e. The molecule has 0 fully saturated rings. The molecule has 0 saturated heterocycles. The van der Waals surface area contributed by atoms with Gasteiger partial charge >= 0.3 is 0 Å². The Morgan fingerprint density at radius 3 is 3.00 bits per heavy atom. The lowest BCUT2D eigenvalue weighted by Crippen LogP contribution is -2.22. The maximum atomic E-state index is 5.20. The van der Waals surface area contributed by atoms with Crippen molar-refractivity contribution < 1.29 is 4.74 Å². The molecule has 1 aromatic carbocycles. The number of aromatic nitrogens is 2. The van der Waals surface area contributed by atoms with Gasteiger partial charge in [-0.2, -0.15) is 0 Å². The fraction of sp³-hybridized carbons (Fsp3) is 0.500. The second kappa shape index (κ2) is 6.82. The Bertz CT molecular complexity index is 524. The smallest absolute Gasteiger partial charge is 0.166 e. The van der Waals surface area contributed by atoms with E-state index in [-0.39, 0.29) is 0 Å². The Morgan fingerprint density at radius 2 is 2.26 bits per heavy atom. The van der Waals surface area contributed by atoms with Crippen molar-refractivity contribution in [1.82, 2.24) is 15.3 Å². The van der Waals surface area contributed by atoms with Gasteiger partial charge in [0.05, 0.1) is 18.1 Å². The number of aromatic amines is 1. The van der Waals surface area contributed by atoms with E-state index in [4.69, 9.17) is 4.74 Å². The molecule has 0 aliphatic heterocycles. The molecule has 0 saturated carbocycles. The van der Waals surface area contributed by atoms with Crippen molar-refractivity contribution >= 4 is 22.8 Å². The number of fused-ring (bicyclic) bond motifs is 1. The van der Waals surface area contributed by atoms with Crippen molar-refractivity contribution in [2.75, 3.05) is 26.0 Å². The molecule has 4 nitrogen and oxygen atoms in total. The molecule has 1 aromatic heterocycles. The highest BCUT2D eigenvalue weighted by Gasteiger charge is 2.04. The van der Waals surface area contributed by atoms with Gasteiger partial charge in [0.25, 0.3) is 0 Å². The first-order valence-corrected chi connectivity index (χ1v) is 7.55. The average molecular weight is 279 g/mol. The second-order valence-electron chi connectivity index (χ2n) is 4.87. The number of hydrogen-bond donors (Lipinski definition) is 2. The number of H-pyrrole nitrogens is 1. The quantitative estimate of drug-likeness (QED) is 0.604. The lowest BCUT2D eigenvalue weighted by Gasteiger charge is -2.05. The Balaban J connectivity index is 1.87. The lowest BCUT2D eigenvalue weighted by atomic mass is 10.2. The Kier molecular flexibility index (Phi) is 5.10. The first-order valence-electron chi connectivity index (χ1n) is 6.56. The average Bonchev–Trinajstić information content (AvgIpc) is 2.79. The van der Waals surface area contributed by atoms with E-state index in [1.165, 1.54) is 0 Å². The van der Waals surface area contributed by atoms with Crippen molar-refractivity contribution in [3.05, 3.63) is 18.2 Å². The molecule has 0 atom stereocenters. The normalized spacial score (nSPS) is 11.4. The van der Waals surface area contributed by atoms with Crippen molar-refractivity contribution in [3.63, 3.8) is 0 Å². The fourth-order valence-electron chi connectivity index (χ4n) is 1.77. The number of ether oxygens (including phenoxy) is 1. The van der Waals surface area contributed by atoms with Gasteiger partial charge < -0.3 is 15.0 Å². The summed E-state index contributed by atoms with van der Waals surface area (Å²) in [6.07, 6.45) is 0. The minimum absolute atomic E-state index is 0.698. The fourth-order valence-corrected chi connectivity index (χ4v) is 2.56. The number of benzene rings is 1. The standard InChI is InChI=1S/C14H21N3OS/c1-10(2)9-15-6-7-19-14-16-12-5-4-11(18-3)8-13(12)17-14/h4-5,8,10,15H,6-7,9H2,1-3H3,(H,16,17). The van der Waals surface area contributed by atoms with Crippen LogP contribution in [0.1, 0.15) is 13.8 Å². The van der Waals surface area contributed by atoms with E-state index in [1.807, 2.05) is 18.2 Å². The third-order valence-electron chi connectivity index (χ3n) is 2.74. The zero-order valence-electron chi connectivity index (χ0n) is 11.7. The monoisotopic (exact) mass is 279 g/mol. The first-order chi connectivity index (χ1) is 9.19. The summed E-state index contributed by atoms with van der Waals surface area (Å²) in [4.78, 5) is 7.86. The molecule has 0 aliphatic rings. The molecular weight excluding hydrogens is 258 g/mol. The number of nitrogens with one attached hydrogen (secondary N) is 2. The Morgan fingerprint density at radius 1 is 1.42 bits per heavy atom. The van der Waals surface area contributed by atoms with Gasteiger partial charge in [0.15, 0.2) is 5.16 Å². The van der Waals surface area contributed by atoms with Gasteiger partial charge in [0, 0.05) is 18.4 Å². The summed E-state index contributed by atoms with van der Waals surface area (Å²) in [5.41, 5.74) is 2.01. The van der Waals surface area contributed by atoms with Gasteiger partial charge in [0.2, 0.25) is 0 Å². The predicted octanol–water partition coefficient (Wildman–Crippen LogP) is 2.91. The largest absolute Gasteiger partial charge is 0.497 e. The number of imidazole rings is 1. The van der Waals surface area contributed by atoms with Crippen LogP contribution >= 0.6 is 11.8 Å². The minimum atomic E-state index is 0.698. The summed E-state index contributed by atoms with van der Waals surface area (Å²) < 4.78 is 5.20. The van der Waals surface area contributed by atoms with Crippen LogP contribution < -0.4 is 10.1 Å². The predicted molar refractivity (Wildman–Crippen MR) is 81.1 cm³/mol. The summed E-state index contributed by atoms with van der Waals surface area (Å²) in [5, 5.41) is 4.39. The molecule has 2 N–H and O–H groups in total. The van der Waals surface area contributed by atoms with E-state index >= 15 is 0 Å². The molecule has 19 heavy (non-hydrogen) atoms. The van der Waals surface area contributed by atoms with Crippen LogP contribution in [0, 0.1) is 5.92 Å². The number of hydrogen-bond acceptors (Lipinski definition) is 4. The highest BCUT2D eigenvalue weighted by Crippen LogP contribution is 2.22. The molecule has 0 radical (unpaired) electrons. The number of rotatable bonds is 7. The van der Waals surface area contributed by atoms with Crippen LogP contribution in [0.25, 0.3) is 11.0 Å². The summed E-state index contributed by atoms with van der Waals surface area (Å²) in [6.45, 7) is 6.50. The molecule has 0 spiro atoms. The number of methoxy groups -OCH3 is 1. The van der Waals surface area contributed by atoms with Gasteiger partial charge in [-0.3, -0.25) is 0 Å². The summed E-state index contributed by atoms with van der Waals surface area (Å²) in [6, 6.07) is 5.89. The van der Waals surface area contributed by atoms with E-state index in [1.54, 1.807) is 18.9 Å². The zero-order chi connectivity index (χ0) is 13.7. The molecule has 0 aliphatic carbocycles. The van der Waals surface area contributed by atoms with Crippen molar-refractivity contribution in [2.45, 2.75) is 19.0 Å². The third kappa shape index (κ3) is 4.14. The van der Waals surface area contributed by atoms with Gasteiger partial charge in [0.1, 0.15) is 5.75 Å². The molecule has 2 aromatic rings. The van der Waals surface area contributed by atoms with E-state index in [0.29, 0.717) is 5.92 Å². The van der Waals surface area contributed by atoms with Crippen LogP contribution in [0.15, 0.2) is 23.4 Å². The van der Waals surface area contributed by atoms with Crippen LogP contribution in [0.5, 0.6) is 5.75 Å². The molecule has 5 heteroatoms. The van der Waals surface area contributed by atoms with E-state index in [0.717, 1.165) is 40.8 Å². The van der Waals surface area contributed by atoms with Crippen molar-refractivity contribution in [2.24, 2.45) is 5.92 Å². The van der Waals surface area contributed by atoms with Crippen LogP contribution in [-0.4, -0.2) is 35.9 Å². The van der Waals surface area contributed by atoms with E-state index in [9.17, 15) is 0 Å². The van der Waals surface area contributed by atoms with Gasteiger partial charge in [-0.1, -0.05) is 25.6 Å². The molecular formula is C14H21N3OS. The van der Waals surface area contributed by atoms with Crippen molar-refractivity contribution in [1.29, 1.82) is 0 Å². The highest BCUT2D eigenvalue weighted by molar-refractivity contribution is 7.99. The summed E-state index contributed by atoms with van der Waals surface area (Å²) in [5.74, 6) is 2.57. The second-order valence-corrected chi connectivity index (χ2v) is 5.96. The highest BCUT2D eigenvalue weighted by atomic mass is 32.2. The first kappa shape index (κ1) is 14.2. The van der Waals surface area contributed by atoms with E-state index in [2.05, 4.69) is 29.1 Å². The van der Waals surface area contributed by atoms with Crippen LogP contribution in [0.4, 0.5) is 0 Å². The van der Waals surface area contributed by atoms with Crippen molar-refractivity contribution in [3.8, 4) is 5.75 Å². The van der Waals surface area contributed by atoms with Gasteiger partial charge in [-0.25, -0.2) is 4.98 Å². The summed E-state index contributed by atoms with van der Waals surface area (Å²) >= 11 is 1.74. The van der Waals surface area contributed by atoms with Crippen LogP contribution in [-0.2, 0) is 0 Å². The maximum absolute atomic E-state index is 5.20. The lowest BCUT2D eigenvalue weighted by molar-refractivity contribution is 0.415. The molecule has 0 amide bonds. The molecule has 0 unspecified atom stereocenters. The number of nitrogens with zero attached hydrogens (tertiary/aromatic N) is 1. The van der Waals surface area contributed by atoms with Gasteiger partial charge in [-0.15, -0.1) is 0 Å². The SMILES string of the molecule is COc1ccc2nc(SCCNCC(C)C)[nH]c2c1. The zero-order valence-corrected chi connectivity index (χ0v) is 12.5.